The Morgan fingerprint density at radius 3 is 2.43 bits per heavy atom. The average Bonchev–Trinajstić information content (AvgIpc) is 2.01. The minimum Gasteiger partial charge on any atom is -0.481 e. The molecule has 0 unspecified atom stereocenters. The van der Waals surface area contributed by atoms with Gasteiger partial charge in [-0.15, -0.1) is 0 Å². The van der Waals surface area contributed by atoms with E-state index in [0.717, 1.165) is 0 Å². The monoisotopic (exact) mass is 202 g/mol. The van der Waals surface area contributed by atoms with E-state index in [-0.39, 0.29) is 6.10 Å². The lowest BCUT2D eigenvalue weighted by molar-refractivity contribution is -0.206. The lowest BCUT2D eigenvalue weighted by Gasteiger charge is -2.50. The first-order valence-corrected chi connectivity index (χ1v) is 4.91. The van der Waals surface area contributed by atoms with Crippen LogP contribution in [0, 0.1) is 5.41 Å². The molecule has 0 atom stereocenters. The Balaban J connectivity index is 2.59. The third-order valence-corrected chi connectivity index (χ3v) is 3.23. The normalized spacial score (nSPS) is 32.4. The van der Waals surface area contributed by atoms with E-state index in [1.165, 1.54) is 0 Å². The summed E-state index contributed by atoms with van der Waals surface area (Å²) < 4.78 is 5.30. The summed E-state index contributed by atoms with van der Waals surface area (Å²) in [6.07, 6.45) is 0.851. The van der Waals surface area contributed by atoms with Crippen LogP contribution in [0.25, 0.3) is 0 Å². The fourth-order valence-corrected chi connectivity index (χ4v) is 1.76. The fraction of sp³-hybridized carbons (Fsp3) is 0.900. The third-order valence-electron chi connectivity index (χ3n) is 3.23. The molecule has 0 aliphatic heterocycles. The van der Waals surface area contributed by atoms with Crippen LogP contribution in [0.2, 0.25) is 0 Å². The number of rotatable bonds is 4. The van der Waals surface area contributed by atoms with E-state index in [4.69, 9.17) is 9.84 Å². The van der Waals surface area contributed by atoms with E-state index in [0.29, 0.717) is 19.4 Å². The van der Waals surface area contributed by atoms with Crippen LogP contribution in [0.4, 0.5) is 0 Å². The molecule has 0 spiro atoms. The zero-order valence-electron chi connectivity index (χ0n) is 8.91. The molecule has 4 nitrogen and oxygen atoms in total. The van der Waals surface area contributed by atoms with Crippen LogP contribution in [-0.2, 0) is 9.53 Å². The second-order valence-electron chi connectivity index (χ2n) is 4.45. The van der Waals surface area contributed by atoms with Crippen molar-refractivity contribution >= 4 is 5.97 Å². The maximum atomic E-state index is 10.9. The number of ether oxygens (including phenoxy) is 1. The molecule has 1 saturated carbocycles. The summed E-state index contributed by atoms with van der Waals surface area (Å²) >= 11 is 0. The smallest absolute Gasteiger partial charge is 0.312 e. The molecule has 1 fully saturated rings. The second-order valence-corrected chi connectivity index (χ2v) is 4.45. The van der Waals surface area contributed by atoms with Crippen molar-refractivity contribution in [1.82, 2.24) is 0 Å². The lowest BCUT2D eigenvalue weighted by atomic mass is 9.61. The van der Waals surface area contributed by atoms with Crippen molar-refractivity contribution in [2.24, 2.45) is 5.41 Å². The molecule has 0 amide bonds. The van der Waals surface area contributed by atoms with Gasteiger partial charge in [0.05, 0.1) is 17.1 Å². The van der Waals surface area contributed by atoms with Crippen molar-refractivity contribution in [2.45, 2.75) is 45.3 Å². The highest BCUT2D eigenvalue weighted by molar-refractivity contribution is 5.75. The maximum absolute atomic E-state index is 10.9. The van der Waals surface area contributed by atoms with Gasteiger partial charge < -0.3 is 14.9 Å². The van der Waals surface area contributed by atoms with Gasteiger partial charge in [0, 0.05) is 19.4 Å². The summed E-state index contributed by atoms with van der Waals surface area (Å²) in [5, 5.41) is 19.0. The van der Waals surface area contributed by atoms with Gasteiger partial charge in [0.15, 0.2) is 0 Å². The SMILES string of the molecule is CCOC1CC(O)(C(C)(C)C(=O)O)C1. The first kappa shape index (κ1) is 11.5. The fourth-order valence-electron chi connectivity index (χ4n) is 1.76. The Kier molecular flexibility index (Phi) is 2.88. The zero-order valence-corrected chi connectivity index (χ0v) is 8.91. The minimum atomic E-state index is -1.11. The molecule has 0 saturated heterocycles. The quantitative estimate of drug-likeness (QED) is 0.714. The number of carboxylic acid groups (broad SMARTS) is 1. The molecule has 0 aromatic carbocycles. The molecule has 14 heavy (non-hydrogen) atoms. The molecule has 0 heterocycles. The summed E-state index contributed by atoms with van der Waals surface area (Å²) in [7, 11) is 0. The maximum Gasteiger partial charge on any atom is 0.312 e. The van der Waals surface area contributed by atoms with Gasteiger partial charge in [-0.25, -0.2) is 0 Å². The Labute approximate surface area is 83.9 Å². The summed E-state index contributed by atoms with van der Waals surface area (Å²) in [5.41, 5.74) is -2.21. The van der Waals surface area contributed by atoms with Gasteiger partial charge in [-0.05, 0) is 20.8 Å². The van der Waals surface area contributed by atoms with E-state index in [1.54, 1.807) is 13.8 Å². The Morgan fingerprint density at radius 1 is 1.57 bits per heavy atom. The van der Waals surface area contributed by atoms with Crippen LogP contribution in [0.15, 0.2) is 0 Å². The summed E-state index contributed by atoms with van der Waals surface area (Å²) in [6.45, 7) is 5.60. The van der Waals surface area contributed by atoms with Crippen molar-refractivity contribution in [3.05, 3.63) is 0 Å². The molecule has 1 aliphatic rings. The van der Waals surface area contributed by atoms with E-state index < -0.39 is 17.0 Å². The number of carbonyl (C=O) groups is 1. The van der Waals surface area contributed by atoms with Gasteiger partial charge in [-0.1, -0.05) is 0 Å². The Morgan fingerprint density at radius 2 is 2.07 bits per heavy atom. The van der Waals surface area contributed by atoms with Gasteiger partial charge in [0.2, 0.25) is 0 Å². The standard InChI is InChI=1S/C10H18O4/c1-4-14-7-5-10(13,6-7)9(2,3)8(11)12/h7,13H,4-6H2,1-3H3,(H,11,12). The largest absolute Gasteiger partial charge is 0.481 e. The van der Waals surface area contributed by atoms with E-state index in [9.17, 15) is 9.90 Å². The summed E-state index contributed by atoms with van der Waals surface area (Å²) in [4.78, 5) is 10.9. The van der Waals surface area contributed by atoms with Crippen molar-refractivity contribution in [2.75, 3.05) is 6.61 Å². The number of hydrogen-bond acceptors (Lipinski definition) is 3. The van der Waals surface area contributed by atoms with Crippen LogP contribution in [0.5, 0.6) is 0 Å². The summed E-state index contributed by atoms with van der Waals surface area (Å²) in [6, 6.07) is 0. The van der Waals surface area contributed by atoms with E-state index in [2.05, 4.69) is 0 Å². The van der Waals surface area contributed by atoms with Gasteiger partial charge in [-0.2, -0.15) is 0 Å². The number of hydrogen-bond donors (Lipinski definition) is 2. The van der Waals surface area contributed by atoms with Crippen LogP contribution in [-0.4, -0.2) is 34.5 Å². The molecule has 0 aromatic rings. The van der Waals surface area contributed by atoms with Crippen molar-refractivity contribution < 1.29 is 19.7 Å². The van der Waals surface area contributed by atoms with Crippen LogP contribution >= 0.6 is 0 Å². The Bertz CT molecular complexity index is 228. The van der Waals surface area contributed by atoms with E-state index in [1.807, 2.05) is 6.92 Å². The van der Waals surface area contributed by atoms with Gasteiger partial charge in [0.1, 0.15) is 0 Å². The minimum absolute atomic E-state index is 0.0172. The molecule has 0 bridgehead atoms. The van der Waals surface area contributed by atoms with Crippen molar-refractivity contribution in [3.63, 3.8) is 0 Å². The lowest BCUT2D eigenvalue weighted by Crippen LogP contribution is -2.60. The molecular formula is C10H18O4. The van der Waals surface area contributed by atoms with Crippen molar-refractivity contribution in [1.29, 1.82) is 0 Å². The molecule has 1 aliphatic carbocycles. The third kappa shape index (κ3) is 1.64. The van der Waals surface area contributed by atoms with Crippen molar-refractivity contribution in [3.8, 4) is 0 Å². The highest BCUT2D eigenvalue weighted by Crippen LogP contribution is 2.47. The Hall–Kier alpha value is -0.610. The van der Waals surface area contributed by atoms with E-state index >= 15 is 0 Å². The van der Waals surface area contributed by atoms with Crippen LogP contribution < -0.4 is 0 Å². The highest BCUT2D eigenvalue weighted by Gasteiger charge is 2.57. The topological polar surface area (TPSA) is 66.8 Å². The van der Waals surface area contributed by atoms with Crippen LogP contribution in [0.1, 0.15) is 33.6 Å². The number of aliphatic hydroxyl groups is 1. The molecule has 4 heteroatoms. The molecule has 0 aromatic heterocycles. The first-order chi connectivity index (χ1) is 6.33. The average molecular weight is 202 g/mol. The second kappa shape index (κ2) is 3.51. The molecule has 0 radical (unpaired) electrons. The molecule has 82 valence electrons. The predicted molar refractivity (Wildman–Crippen MR) is 51.0 cm³/mol. The van der Waals surface area contributed by atoms with Gasteiger partial charge >= 0.3 is 5.97 Å². The molecule has 2 N–H and O–H groups in total. The zero-order chi connectivity index (χ0) is 11.0. The van der Waals surface area contributed by atoms with Gasteiger partial charge in [0.25, 0.3) is 0 Å². The highest BCUT2D eigenvalue weighted by atomic mass is 16.5. The van der Waals surface area contributed by atoms with Crippen LogP contribution in [0.3, 0.4) is 0 Å². The molecular weight excluding hydrogens is 184 g/mol. The summed E-state index contributed by atoms with van der Waals surface area (Å²) in [5.74, 6) is -0.963. The predicted octanol–water partition coefficient (Wildman–Crippen LogP) is 1.03. The molecule has 1 rings (SSSR count). The first-order valence-electron chi connectivity index (χ1n) is 4.91. The number of aliphatic carboxylic acids is 1. The van der Waals surface area contributed by atoms with Gasteiger partial charge in [-0.3, -0.25) is 4.79 Å². The number of carboxylic acids is 1.